The van der Waals surface area contributed by atoms with E-state index in [0.717, 1.165) is 24.4 Å². The van der Waals surface area contributed by atoms with Crippen LogP contribution in [0.15, 0.2) is 4.21 Å². The highest BCUT2D eigenvalue weighted by atomic mass is 35.5. The molecule has 0 saturated carbocycles. The molecule has 1 saturated heterocycles. The summed E-state index contributed by atoms with van der Waals surface area (Å²) >= 11 is 6.70. The zero-order chi connectivity index (χ0) is 13.9. The van der Waals surface area contributed by atoms with Gasteiger partial charge in [-0.05, 0) is 6.92 Å². The first-order valence-corrected chi connectivity index (χ1v) is 8.59. The maximum absolute atomic E-state index is 12.1. The molecule has 0 unspecified atom stereocenters. The molecule has 1 aliphatic heterocycles. The van der Waals surface area contributed by atoms with Crippen molar-refractivity contribution in [1.29, 1.82) is 0 Å². The van der Waals surface area contributed by atoms with Gasteiger partial charge in [-0.2, -0.15) is 0 Å². The highest BCUT2D eigenvalue weighted by molar-refractivity contribution is 7.91. The lowest BCUT2D eigenvalue weighted by molar-refractivity contribution is 0.0390. The average molecular weight is 326 g/mol. The van der Waals surface area contributed by atoms with Gasteiger partial charge in [0, 0.05) is 26.2 Å². The maximum Gasteiger partial charge on any atom is 0.252 e. The van der Waals surface area contributed by atoms with Gasteiger partial charge in [0.25, 0.3) is 10.0 Å². The summed E-state index contributed by atoms with van der Waals surface area (Å²) in [5.41, 5.74) is 0.439. The van der Waals surface area contributed by atoms with Crippen LogP contribution in [0.1, 0.15) is 5.69 Å². The first kappa shape index (κ1) is 15.1. The van der Waals surface area contributed by atoms with Crippen molar-refractivity contribution in [2.75, 3.05) is 39.4 Å². The molecule has 0 atom stereocenters. The van der Waals surface area contributed by atoms with Gasteiger partial charge in [0.2, 0.25) is 0 Å². The van der Waals surface area contributed by atoms with E-state index in [4.69, 9.17) is 16.3 Å². The van der Waals surface area contributed by atoms with Crippen LogP contribution in [-0.4, -0.2) is 57.7 Å². The number of morpholine rings is 1. The van der Waals surface area contributed by atoms with Crippen LogP contribution < -0.4 is 4.72 Å². The van der Waals surface area contributed by atoms with Crippen LogP contribution in [0.4, 0.5) is 0 Å². The van der Waals surface area contributed by atoms with E-state index >= 15 is 0 Å². The fraction of sp³-hybridized carbons (Fsp3) is 0.700. The zero-order valence-electron chi connectivity index (χ0n) is 10.6. The van der Waals surface area contributed by atoms with E-state index in [1.54, 1.807) is 6.92 Å². The van der Waals surface area contributed by atoms with Crippen molar-refractivity contribution >= 4 is 33.0 Å². The van der Waals surface area contributed by atoms with E-state index in [1.807, 2.05) is 0 Å². The fourth-order valence-electron chi connectivity index (χ4n) is 1.83. The standard InChI is InChI=1S/C10H16ClN3O3S2/c1-8-9(18-10(11)13-8)19(15,16)12-2-3-14-4-6-17-7-5-14/h12H,2-7H2,1H3. The van der Waals surface area contributed by atoms with Crippen LogP contribution in [0.25, 0.3) is 0 Å². The summed E-state index contributed by atoms with van der Waals surface area (Å²) in [4.78, 5) is 6.08. The summed E-state index contributed by atoms with van der Waals surface area (Å²) in [5, 5.41) is 0. The molecule has 1 aromatic heterocycles. The SMILES string of the molecule is Cc1nc(Cl)sc1S(=O)(=O)NCCN1CCOCC1. The van der Waals surface area contributed by atoms with E-state index < -0.39 is 10.0 Å². The third-order valence-electron chi connectivity index (χ3n) is 2.80. The van der Waals surface area contributed by atoms with Crippen LogP contribution in [-0.2, 0) is 14.8 Å². The van der Waals surface area contributed by atoms with Crippen molar-refractivity contribution in [1.82, 2.24) is 14.6 Å². The molecular weight excluding hydrogens is 310 g/mol. The Kier molecular flexibility index (Phi) is 5.15. The number of nitrogens with zero attached hydrogens (tertiary/aromatic N) is 2. The number of sulfonamides is 1. The molecule has 0 aromatic carbocycles. The van der Waals surface area contributed by atoms with Crippen LogP contribution in [0.3, 0.4) is 0 Å². The van der Waals surface area contributed by atoms with Gasteiger partial charge in [0.05, 0.1) is 18.9 Å². The minimum atomic E-state index is -3.51. The smallest absolute Gasteiger partial charge is 0.252 e. The number of thiazole rings is 1. The van der Waals surface area contributed by atoms with Crippen LogP contribution in [0.5, 0.6) is 0 Å². The Morgan fingerprint density at radius 2 is 2.16 bits per heavy atom. The largest absolute Gasteiger partial charge is 0.379 e. The third kappa shape index (κ3) is 4.11. The minimum Gasteiger partial charge on any atom is -0.379 e. The van der Waals surface area contributed by atoms with Gasteiger partial charge < -0.3 is 4.74 Å². The topological polar surface area (TPSA) is 71.5 Å². The highest BCUT2D eigenvalue weighted by Crippen LogP contribution is 2.26. The first-order chi connectivity index (χ1) is 8.99. The Hall–Kier alpha value is -0.250. The molecule has 19 heavy (non-hydrogen) atoms. The second-order valence-electron chi connectivity index (χ2n) is 4.19. The number of nitrogens with one attached hydrogen (secondary N) is 1. The van der Waals surface area contributed by atoms with Crippen LogP contribution in [0, 0.1) is 6.92 Å². The molecule has 0 aliphatic carbocycles. The Bertz CT molecular complexity index is 526. The van der Waals surface area contributed by atoms with Crippen molar-refractivity contribution in [3.8, 4) is 0 Å². The average Bonchev–Trinajstić information content (AvgIpc) is 2.70. The Labute approximate surface area is 121 Å². The maximum atomic E-state index is 12.1. The van der Waals surface area contributed by atoms with Crippen molar-refractivity contribution in [3.63, 3.8) is 0 Å². The molecule has 9 heteroatoms. The number of ether oxygens (including phenoxy) is 1. The third-order valence-corrected chi connectivity index (χ3v) is 6.13. The Morgan fingerprint density at radius 3 is 2.74 bits per heavy atom. The second-order valence-corrected chi connectivity index (χ2v) is 7.73. The summed E-state index contributed by atoms with van der Waals surface area (Å²) < 4.78 is 32.4. The fourth-order valence-corrected chi connectivity index (χ4v) is 4.63. The number of aromatic nitrogens is 1. The van der Waals surface area contributed by atoms with Crippen molar-refractivity contribution in [3.05, 3.63) is 10.2 Å². The lowest BCUT2D eigenvalue weighted by Crippen LogP contribution is -2.41. The monoisotopic (exact) mass is 325 g/mol. The molecule has 1 fully saturated rings. The molecule has 2 heterocycles. The zero-order valence-corrected chi connectivity index (χ0v) is 12.9. The Morgan fingerprint density at radius 1 is 1.47 bits per heavy atom. The summed E-state index contributed by atoms with van der Waals surface area (Å²) in [5.74, 6) is 0. The predicted molar refractivity (Wildman–Crippen MR) is 74.3 cm³/mol. The van der Waals surface area contributed by atoms with Gasteiger partial charge in [0.15, 0.2) is 8.68 Å². The number of aryl methyl sites for hydroxylation is 1. The molecule has 0 spiro atoms. The van der Waals surface area contributed by atoms with E-state index in [1.165, 1.54) is 0 Å². The van der Waals surface area contributed by atoms with Gasteiger partial charge in [-0.3, -0.25) is 4.90 Å². The van der Waals surface area contributed by atoms with Gasteiger partial charge in [0.1, 0.15) is 0 Å². The summed E-state index contributed by atoms with van der Waals surface area (Å²) in [6.45, 7) is 5.78. The van der Waals surface area contributed by atoms with E-state index in [-0.39, 0.29) is 8.68 Å². The van der Waals surface area contributed by atoms with E-state index in [9.17, 15) is 8.42 Å². The summed E-state index contributed by atoms with van der Waals surface area (Å²) in [6, 6.07) is 0. The number of hydrogen-bond acceptors (Lipinski definition) is 6. The first-order valence-electron chi connectivity index (χ1n) is 5.92. The van der Waals surface area contributed by atoms with Crippen molar-refractivity contribution < 1.29 is 13.2 Å². The number of rotatable bonds is 5. The predicted octanol–water partition coefficient (Wildman–Crippen LogP) is 0.715. The molecule has 6 nitrogen and oxygen atoms in total. The highest BCUT2D eigenvalue weighted by Gasteiger charge is 2.21. The number of halogens is 1. The van der Waals surface area contributed by atoms with Crippen molar-refractivity contribution in [2.45, 2.75) is 11.1 Å². The van der Waals surface area contributed by atoms with E-state index in [2.05, 4.69) is 14.6 Å². The molecule has 1 aromatic rings. The van der Waals surface area contributed by atoms with Gasteiger partial charge in [-0.15, -0.1) is 0 Å². The van der Waals surface area contributed by atoms with Crippen LogP contribution >= 0.6 is 22.9 Å². The molecule has 0 amide bonds. The van der Waals surface area contributed by atoms with E-state index in [0.29, 0.717) is 32.0 Å². The molecule has 1 N–H and O–H groups in total. The Balaban J connectivity index is 1.89. The molecule has 0 bridgehead atoms. The normalized spacial score (nSPS) is 17.8. The minimum absolute atomic E-state index is 0.194. The molecular formula is C10H16ClN3O3S2. The number of hydrogen-bond donors (Lipinski definition) is 1. The summed E-state index contributed by atoms with van der Waals surface area (Å²) in [7, 11) is -3.51. The quantitative estimate of drug-likeness (QED) is 0.863. The lowest BCUT2D eigenvalue weighted by Gasteiger charge is -2.26. The van der Waals surface area contributed by atoms with Crippen molar-refractivity contribution in [2.24, 2.45) is 0 Å². The molecule has 2 rings (SSSR count). The molecule has 1 aliphatic rings. The summed E-state index contributed by atoms with van der Waals surface area (Å²) in [6.07, 6.45) is 0. The second kappa shape index (κ2) is 6.47. The molecule has 108 valence electrons. The lowest BCUT2D eigenvalue weighted by atomic mass is 10.4. The van der Waals surface area contributed by atoms with Gasteiger partial charge in [-0.25, -0.2) is 18.1 Å². The van der Waals surface area contributed by atoms with Gasteiger partial charge >= 0.3 is 0 Å². The van der Waals surface area contributed by atoms with Gasteiger partial charge in [-0.1, -0.05) is 22.9 Å². The molecule has 0 radical (unpaired) electrons. The van der Waals surface area contributed by atoms with Crippen LogP contribution in [0.2, 0.25) is 4.47 Å².